The van der Waals surface area contributed by atoms with E-state index in [1.807, 2.05) is 24.3 Å². The summed E-state index contributed by atoms with van der Waals surface area (Å²) in [6, 6.07) is 178. The van der Waals surface area contributed by atoms with Crippen LogP contribution in [-0.2, 0) is 0 Å². The molecule has 0 fully saturated rings. The third kappa shape index (κ3) is 15.7. The second-order valence-electron chi connectivity index (χ2n) is 31.5. The molecule has 0 aliphatic heterocycles. The van der Waals surface area contributed by atoms with Crippen LogP contribution in [0.1, 0.15) is 0 Å². The molecule has 22 rings (SSSR count). The van der Waals surface area contributed by atoms with E-state index in [9.17, 15) is 0 Å². The van der Waals surface area contributed by atoms with Gasteiger partial charge in [0.05, 0.1) is 0 Å². The predicted molar refractivity (Wildman–Crippen MR) is 522 cm³/mol. The standard InChI is InChI=1S/2C60H41NO/c1-3-10-42(11-4-1)44-18-22-46(23-19-44)47-26-28-50(29-27-47)52-14-9-15-53(40-52)51-32-36-55(37-33-51)61(56-38-39-58-57-16-7-8-17-59(57)62-60(58)41-56)54-34-30-49(31-35-54)48-24-20-45(21-25-48)43-12-5-2-6-13-43;1-3-9-42(10-4-1)44-15-19-46(20-16-44)47-23-25-48(26-24-47)49-27-29-51(30-28-49)53-33-37-55(38-34-53)61(56-39-40-58-57-13-7-8-14-59(57)62-60(58)41-56)54-35-31-52(32-36-54)50-21-17-45(18-22-50)43-11-5-2-6-12-43/h2*1-41H. The molecule has 0 N–H and O–H groups in total. The zero-order chi connectivity index (χ0) is 82.5. The van der Waals surface area contributed by atoms with Gasteiger partial charge >= 0.3 is 0 Å². The van der Waals surface area contributed by atoms with Crippen molar-refractivity contribution in [3.05, 3.63) is 497 Å². The summed E-state index contributed by atoms with van der Waals surface area (Å²) in [4.78, 5) is 4.62. The van der Waals surface area contributed by atoms with Crippen LogP contribution in [0.4, 0.5) is 34.1 Å². The van der Waals surface area contributed by atoms with E-state index in [1.54, 1.807) is 0 Å². The van der Waals surface area contributed by atoms with Crippen molar-refractivity contribution in [3.8, 4) is 134 Å². The minimum atomic E-state index is 0.867. The largest absolute Gasteiger partial charge is 0.456 e. The molecule has 20 aromatic carbocycles. The molecule has 0 unspecified atom stereocenters. The first-order valence-corrected chi connectivity index (χ1v) is 42.3. The fourth-order valence-electron chi connectivity index (χ4n) is 17.2. The number of hydrogen-bond acceptors (Lipinski definition) is 4. The van der Waals surface area contributed by atoms with Crippen LogP contribution in [0.3, 0.4) is 0 Å². The van der Waals surface area contributed by atoms with Crippen LogP contribution < -0.4 is 9.80 Å². The van der Waals surface area contributed by atoms with Crippen LogP contribution >= 0.6 is 0 Å². The third-order valence-electron chi connectivity index (χ3n) is 23.9. The maximum atomic E-state index is 6.38. The number of rotatable bonds is 18. The summed E-state index contributed by atoms with van der Waals surface area (Å²) in [7, 11) is 0. The average Bonchev–Trinajstić information content (AvgIpc) is 1.58. The molecular weight excluding hydrogens is 1500 g/mol. The summed E-state index contributed by atoms with van der Waals surface area (Å²) in [6.07, 6.45) is 0. The highest BCUT2D eigenvalue weighted by molar-refractivity contribution is 6.07. The van der Waals surface area contributed by atoms with Crippen molar-refractivity contribution >= 4 is 78.0 Å². The maximum absolute atomic E-state index is 6.38. The van der Waals surface area contributed by atoms with Crippen molar-refractivity contribution < 1.29 is 8.83 Å². The Labute approximate surface area is 722 Å². The Balaban J connectivity index is 0.000000152. The highest BCUT2D eigenvalue weighted by Crippen LogP contribution is 2.44. The molecule has 4 nitrogen and oxygen atoms in total. The Morgan fingerprint density at radius 2 is 0.266 bits per heavy atom. The van der Waals surface area contributed by atoms with Crippen molar-refractivity contribution in [2.24, 2.45) is 0 Å². The summed E-state index contributed by atoms with van der Waals surface area (Å²) in [6.45, 7) is 0. The Hall–Kier alpha value is -16.4. The van der Waals surface area contributed by atoms with Crippen LogP contribution in [0.2, 0.25) is 0 Å². The minimum Gasteiger partial charge on any atom is -0.456 e. The minimum absolute atomic E-state index is 0.867. The van der Waals surface area contributed by atoms with Gasteiger partial charge in [0.15, 0.2) is 0 Å². The lowest BCUT2D eigenvalue weighted by atomic mass is 9.96. The Morgan fingerprint density at radius 3 is 0.492 bits per heavy atom. The number of benzene rings is 20. The monoisotopic (exact) mass is 1580 g/mol. The summed E-state index contributed by atoms with van der Waals surface area (Å²) in [5.74, 6) is 0. The number of anilines is 6. The van der Waals surface area contributed by atoms with Crippen LogP contribution in [0.5, 0.6) is 0 Å². The molecule has 22 aromatic rings. The zero-order valence-electron chi connectivity index (χ0n) is 68.1. The summed E-state index contributed by atoms with van der Waals surface area (Å²) in [5, 5.41) is 4.48. The van der Waals surface area contributed by atoms with Crippen LogP contribution in [0.15, 0.2) is 506 Å². The lowest BCUT2D eigenvalue weighted by molar-refractivity contribution is 0.668. The van der Waals surface area contributed by atoms with E-state index in [0.29, 0.717) is 0 Å². The van der Waals surface area contributed by atoms with Crippen LogP contribution in [0.25, 0.3) is 177 Å². The highest BCUT2D eigenvalue weighted by atomic mass is 16.3. The number of furan rings is 2. The van der Waals surface area contributed by atoms with Gasteiger partial charge in [-0.05, 0) is 225 Å². The van der Waals surface area contributed by atoms with Crippen LogP contribution in [-0.4, -0.2) is 0 Å². The Kier molecular flexibility index (Phi) is 20.5. The topological polar surface area (TPSA) is 32.8 Å². The van der Waals surface area contributed by atoms with Gasteiger partial charge in [-0.3, -0.25) is 0 Å². The molecule has 0 aliphatic carbocycles. The molecule has 2 aromatic heterocycles. The number of hydrogen-bond donors (Lipinski definition) is 0. The quantitative estimate of drug-likeness (QED) is 0.0857. The Bertz CT molecular complexity index is 7440. The van der Waals surface area contributed by atoms with Gasteiger partial charge in [0.25, 0.3) is 0 Å². The van der Waals surface area contributed by atoms with Gasteiger partial charge in [-0.2, -0.15) is 0 Å². The second kappa shape index (κ2) is 33.8. The molecule has 0 amide bonds. The molecule has 0 radical (unpaired) electrons. The SMILES string of the molecule is c1ccc(-c2ccc(-c3ccc(-c4ccc(-c5ccc(N(c6ccc(-c7ccc(-c8ccccc8)cc7)cc6)c6ccc7c(c6)oc6ccccc67)cc5)cc4)cc3)cc2)cc1.c1ccc(-c2ccc(-c3ccc(-c4cccc(-c5ccc(N(c6ccc(-c7ccc(-c8ccccc8)cc7)cc6)c6ccc7c(c6)oc6ccccc67)cc5)c4)cc3)cc2)cc1. The highest BCUT2D eigenvalue weighted by Gasteiger charge is 2.20. The molecule has 584 valence electrons. The predicted octanol–water partition coefficient (Wildman–Crippen LogP) is 34.1. The molecule has 0 bridgehead atoms. The molecule has 0 saturated carbocycles. The van der Waals surface area contributed by atoms with E-state index in [1.165, 1.54) is 122 Å². The van der Waals surface area contributed by atoms with E-state index >= 15 is 0 Å². The second-order valence-corrected chi connectivity index (χ2v) is 31.5. The van der Waals surface area contributed by atoms with Gasteiger partial charge in [0, 0.05) is 67.8 Å². The van der Waals surface area contributed by atoms with Crippen molar-refractivity contribution in [2.45, 2.75) is 0 Å². The number of para-hydroxylation sites is 2. The first-order valence-electron chi connectivity index (χ1n) is 42.3. The normalized spacial score (nSPS) is 11.2. The first-order chi connectivity index (χ1) is 61.4. The summed E-state index contributed by atoms with van der Waals surface area (Å²) >= 11 is 0. The lowest BCUT2D eigenvalue weighted by Crippen LogP contribution is -2.09. The van der Waals surface area contributed by atoms with Gasteiger partial charge in [0.2, 0.25) is 0 Å². The van der Waals surface area contributed by atoms with Crippen molar-refractivity contribution in [1.29, 1.82) is 0 Å². The Morgan fingerprint density at radius 1 is 0.105 bits per heavy atom. The van der Waals surface area contributed by atoms with E-state index in [0.717, 1.165) is 89.1 Å². The lowest BCUT2D eigenvalue weighted by Gasteiger charge is -2.26. The van der Waals surface area contributed by atoms with E-state index in [-0.39, 0.29) is 0 Å². The molecule has 124 heavy (non-hydrogen) atoms. The van der Waals surface area contributed by atoms with Gasteiger partial charge in [-0.25, -0.2) is 0 Å². The van der Waals surface area contributed by atoms with Crippen molar-refractivity contribution in [1.82, 2.24) is 0 Å². The van der Waals surface area contributed by atoms with Gasteiger partial charge in [0.1, 0.15) is 22.3 Å². The maximum Gasteiger partial charge on any atom is 0.137 e. The molecule has 0 aliphatic rings. The molecule has 0 atom stereocenters. The van der Waals surface area contributed by atoms with Crippen molar-refractivity contribution in [2.75, 3.05) is 9.80 Å². The fourth-order valence-corrected chi connectivity index (χ4v) is 17.2. The third-order valence-corrected chi connectivity index (χ3v) is 23.9. The molecular formula is C120H82N2O2. The van der Waals surface area contributed by atoms with E-state index < -0.39 is 0 Å². The van der Waals surface area contributed by atoms with Gasteiger partial charge < -0.3 is 18.6 Å². The zero-order valence-corrected chi connectivity index (χ0v) is 68.1. The molecule has 0 spiro atoms. The van der Waals surface area contributed by atoms with Gasteiger partial charge in [-0.1, -0.05) is 394 Å². The van der Waals surface area contributed by atoms with E-state index in [2.05, 4.69) is 483 Å². The van der Waals surface area contributed by atoms with Crippen LogP contribution in [0, 0.1) is 0 Å². The molecule has 0 saturated heterocycles. The molecule has 2 heterocycles. The smallest absolute Gasteiger partial charge is 0.137 e. The fraction of sp³-hybridized carbons (Fsp3) is 0. The summed E-state index contributed by atoms with van der Waals surface area (Å²) < 4.78 is 12.7. The summed E-state index contributed by atoms with van der Waals surface area (Å²) in [5.41, 5.74) is 38.6. The van der Waals surface area contributed by atoms with E-state index in [4.69, 9.17) is 8.83 Å². The van der Waals surface area contributed by atoms with Crippen molar-refractivity contribution in [3.63, 3.8) is 0 Å². The number of nitrogens with zero attached hydrogens (tertiary/aromatic N) is 2. The molecule has 4 heteroatoms. The van der Waals surface area contributed by atoms with Gasteiger partial charge in [-0.15, -0.1) is 0 Å². The number of fused-ring (bicyclic) bond motifs is 6. The first kappa shape index (κ1) is 75.1. The average molecular weight is 1580 g/mol.